The largest absolute Gasteiger partial charge is 0.478 e. The van der Waals surface area contributed by atoms with Crippen LogP contribution in [0.3, 0.4) is 0 Å². The molecule has 2 aromatic carbocycles. The van der Waals surface area contributed by atoms with Crippen LogP contribution in [0.5, 0.6) is 0 Å². The average molecular weight is 456 g/mol. The van der Waals surface area contributed by atoms with E-state index in [1.165, 1.54) is 48.5 Å². The van der Waals surface area contributed by atoms with Crippen LogP contribution in [-0.2, 0) is 14.2 Å². The smallest absolute Gasteiger partial charge is 0.338 e. The van der Waals surface area contributed by atoms with Gasteiger partial charge in [-0.2, -0.15) is 0 Å². The average Bonchev–Trinajstić information content (AvgIpc) is 2.83. The summed E-state index contributed by atoms with van der Waals surface area (Å²) in [5.74, 6) is -2.54. The molecule has 0 aromatic heterocycles. The number of carbonyl (C=O) groups excluding carboxylic acids is 3. The zero-order chi connectivity index (χ0) is 24.1. The zero-order valence-electron chi connectivity index (χ0n) is 18.6. The monoisotopic (exact) mass is 456 g/mol. The second kappa shape index (κ2) is 13.7. The minimum absolute atomic E-state index is 0.0883. The highest BCUT2D eigenvalue weighted by Gasteiger charge is 2.12. The molecule has 0 atom stereocenters. The van der Waals surface area contributed by atoms with Gasteiger partial charge in [0.05, 0.1) is 42.1 Å². The first kappa shape index (κ1) is 25.6. The van der Waals surface area contributed by atoms with Gasteiger partial charge in [-0.25, -0.2) is 19.2 Å². The number of esters is 3. The molecule has 0 fully saturated rings. The molecule has 1 N–H and O–H groups in total. The molecule has 2 aromatic rings. The number of unbranched alkanes of at least 4 members (excludes halogenated alkanes) is 3. The van der Waals surface area contributed by atoms with E-state index in [9.17, 15) is 19.2 Å². The Morgan fingerprint density at radius 2 is 0.879 bits per heavy atom. The van der Waals surface area contributed by atoms with Crippen LogP contribution in [0.15, 0.2) is 48.5 Å². The van der Waals surface area contributed by atoms with Crippen LogP contribution < -0.4 is 0 Å². The summed E-state index contributed by atoms with van der Waals surface area (Å²) in [7, 11) is 0. The Labute approximate surface area is 192 Å². The number of carboxylic acid groups (broad SMARTS) is 1. The molecule has 0 heterocycles. The predicted molar refractivity (Wildman–Crippen MR) is 119 cm³/mol. The van der Waals surface area contributed by atoms with Gasteiger partial charge in [-0.05, 0) is 67.8 Å². The van der Waals surface area contributed by atoms with Gasteiger partial charge in [0.25, 0.3) is 0 Å². The standard InChI is InChI=1S/C25H28O8/c1-2-3-4-15-31-24(29)20-11-13-21(14-12-20)25(30)33-17-6-5-16-32-23(28)19-9-7-18(8-10-19)22(26)27/h7-14H,2-6,15-17H2,1H3,(H,26,27). The van der Waals surface area contributed by atoms with Crippen molar-refractivity contribution in [3.05, 3.63) is 70.8 Å². The van der Waals surface area contributed by atoms with Gasteiger partial charge in [-0.1, -0.05) is 19.8 Å². The number of benzene rings is 2. The van der Waals surface area contributed by atoms with E-state index in [-0.39, 0.29) is 24.3 Å². The molecule has 0 aliphatic carbocycles. The molecule has 176 valence electrons. The number of ether oxygens (including phenoxy) is 3. The van der Waals surface area contributed by atoms with E-state index in [0.29, 0.717) is 30.6 Å². The van der Waals surface area contributed by atoms with Crippen molar-refractivity contribution in [2.45, 2.75) is 39.0 Å². The van der Waals surface area contributed by atoms with Crippen LogP contribution >= 0.6 is 0 Å². The molecule has 0 spiro atoms. The van der Waals surface area contributed by atoms with Crippen molar-refractivity contribution in [1.29, 1.82) is 0 Å². The van der Waals surface area contributed by atoms with Crippen molar-refractivity contribution in [2.24, 2.45) is 0 Å². The minimum Gasteiger partial charge on any atom is -0.478 e. The lowest BCUT2D eigenvalue weighted by Gasteiger charge is -2.07. The molecular weight excluding hydrogens is 428 g/mol. The van der Waals surface area contributed by atoms with Crippen molar-refractivity contribution < 1.29 is 38.5 Å². The summed E-state index contributed by atoms with van der Waals surface area (Å²) in [5.41, 5.74) is 1.06. The Morgan fingerprint density at radius 3 is 1.18 bits per heavy atom. The lowest BCUT2D eigenvalue weighted by molar-refractivity contribution is 0.0432. The number of rotatable bonds is 13. The normalized spacial score (nSPS) is 10.3. The van der Waals surface area contributed by atoms with E-state index in [4.69, 9.17) is 19.3 Å². The third-order valence-corrected chi connectivity index (χ3v) is 4.71. The van der Waals surface area contributed by atoms with E-state index >= 15 is 0 Å². The molecule has 0 bridgehead atoms. The number of carboxylic acids is 1. The number of hydrogen-bond acceptors (Lipinski definition) is 7. The molecule has 2 rings (SSSR count). The molecule has 8 heteroatoms. The van der Waals surface area contributed by atoms with Gasteiger partial charge >= 0.3 is 23.9 Å². The second-order valence-electron chi connectivity index (χ2n) is 7.28. The van der Waals surface area contributed by atoms with Gasteiger partial charge in [-0.3, -0.25) is 0 Å². The lowest BCUT2D eigenvalue weighted by atomic mass is 10.1. The Kier molecular flexibility index (Phi) is 10.6. The minimum atomic E-state index is -1.07. The van der Waals surface area contributed by atoms with Crippen LogP contribution in [0, 0.1) is 0 Å². The van der Waals surface area contributed by atoms with E-state index in [1.807, 2.05) is 0 Å². The van der Waals surface area contributed by atoms with Crippen LogP contribution in [0.1, 0.15) is 80.5 Å². The molecule has 0 unspecified atom stereocenters. The number of hydrogen-bond donors (Lipinski definition) is 1. The topological polar surface area (TPSA) is 116 Å². The summed E-state index contributed by atoms with van der Waals surface area (Å²) in [5, 5.41) is 8.86. The maximum atomic E-state index is 12.1. The van der Waals surface area contributed by atoms with Gasteiger partial charge in [0, 0.05) is 0 Å². The molecule has 0 saturated heterocycles. The van der Waals surface area contributed by atoms with E-state index < -0.39 is 23.9 Å². The van der Waals surface area contributed by atoms with Crippen molar-refractivity contribution in [1.82, 2.24) is 0 Å². The van der Waals surface area contributed by atoms with Gasteiger partial charge in [0.2, 0.25) is 0 Å². The van der Waals surface area contributed by atoms with E-state index in [0.717, 1.165) is 19.3 Å². The molecule has 33 heavy (non-hydrogen) atoms. The summed E-state index contributed by atoms with van der Waals surface area (Å²) in [6.45, 7) is 2.75. The number of aromatic carboxylic acids is 1. The lowest BCUT2D eigenvalue weighted by Crippen LogP contribution is -2.10. The Morgan fingerprint density at radius 1 is 0.576 bits per heavy atom. The highest BCUT2D eigenvalue weighted by Crippen LogP contribution is 2.10. The van der Waals surface area contributed by atoms with E-state index in [1.54, 1.807) is 0 Å². The summed E-state index contributed by atoms with van der Waals surface area (Å²) < 4.78 is 15.5. The third kappa shape index (κ3) is 8.76. The van der Waals surface area contributed by atoms with Crippen molar-refractivity contribution >= 4 is 23.9 Å². The molecule has 0 saturated carbocycles. The Hall–Kier alpha value is -3.68. The predicted octanol–water partition coefficient (Wildman–Crippen LogP) is 4.53. The summed E-state index contributed by atoms with van der Waals surface area (Å²) in [6.07, 6.45) is 3.87. The zero-order valence-corrected chi connectivity index (χ0v) is 18.6. The molecule has 0 radical (unpaired) electrons. The van der Waals surface area contributed by atoms with Gasteiger partial charge in [0.1, 0.15) is 0 Å². The van der Waals surface area contributed by atoms with Gasteiger partial charge in [-0.15, -0.1) is 0 Å². The van der Waals surface area contributed by atoms with Crippen molar-refractivity contribution in [3.8, 4) is 0 Å². The molecular formula is C25H28O8. The maximum Gasteiger partial charge on any atom is 0.338 e. The highest BCUT2D eigenvalue weighted by molar-refractivity contribution is 5.93. The first-order chi connectivity index (χ1) is 15.9. The molecule has 0 aliphatic heterocycles. The van der Waals surface area contributed by atoms with Gasteiger partial charge < -0.3 is 19.3 Å². The first-order valence-electron chi connectivity index (χ1n) is 10.9. The Bertz CT molecular complexity index is 932. The maximum absolute atomic E-state index is 12.1. The summed E-state index contributed by atoms with van der Waals surface area (Å²) >= 11 is 0. The van der Waals surface area contributed by atoms with Crippen LogP contribution in [0.2, 0.25) is 0 Å². The van der Waals surface area contributed by atoms with Gasteiger partial charge in [0.15, 0.2) is 0 Å². The van der Waals surface area contributed by atoms with Crippen LogP contribution in [0.4, 0.5) is 0 Å². The SMILES string of the molecule is CCCCCOC(=O)c1ccc(C(=O)OCCCCOC(=O)c2ccc(C(=O)O)cc2)cc1. The molecule has 8 nitrogen and oxygen atoms in total. The van der Waals surface area contributed by atoms with Crippen LogP contribution in [-0.4, -0.2) is 48.8 Å². The third-order valence-electron chi connectivity index (χ3n) is 4.71. The summed E-state index contributed by atoms with van der Waals surface area (Å²) in [6, 6.07) is 11.5. The summed E-state index contributed by atoms with van der Waals surface area (Å²) in [4.78, 5) is 46.8. The number of carbonyl (C=O) groups is 4. The Balaban J connectivity index is 1.64. The van der Waals surface area contributed by atoms with Crippen molar-refractivity contribution in [3.63, 3.8) is 0 Å². The van der Waals surface area contributed by atoms with Crippen LogP contribution in [0.25, 0.3) is 0 Å². The first-order valence-corrected chi connectivity index (χ1v) is 10.9. The molecule has 0 aliphatic rings. The quantitative estimate of drug-likeness (QED) is 0.266. The molecule has 0 amide bonds. The highest BCUT2D eigenvalue weighted by atomic mass is 16.5. The second-order valence-corrected chi connectivity index (χ2v) is 7.28. The fourth-order valence-corrected chi connectivity index (χ4v) is 2.79. The fraction of sp³-hybridized carbons (Fsp3) is 0.360. The van der Waals surface area contributed by atoms with E-state index in [2.05, 4.69) is 6.92 Å². The fourth-order valence-electron chi connectivity index (χ4n) is 2.79. The van der Waals surface area contributed by atoms with Crippen molar-refractivity contribution in [2.75, 3.05) is 19.8 Å².